The van der Waals surface area contributed by atoms with E-state index in [4.69, 9.17) is 13.8 Å². The molecule has 0 spiro atoms. The molecule has 0 amide bonds. The third-order valence-electron chi connectivity index (χ3n) is 9.72. The van der Waals surface area contributed by atoms with Crippen molar-refractivity contribution in [2.24, 2.45) is 0 Å². The van der Waals surface area contributed by atoms with Crippen LogP contribution in [0.1, 0.15) is 0 Å². The number of nitrogens with zero attached hydrogens (tertiary/aromatic N) is 2. The summed E-state index contributed by atoms with van der Waals surface area (Å²) in [5.74, 6) is 0.619. The first-order valence-corrected chi connectivity index (χ1v) is 17.1. The van der Waals surface area contributed by atoms with Crippen molar-refractivity contribution in [3.05, 3.63) is 182 Å². The number of furan rings is 1. The standard InChI is InChI=1S/C47H30N2O2/c1-2-12-34(13-3-1)47-48-46-39(18-9-22-44(46)51-47)33-25-29-36(30-26-33)49(41-19-10-21-43-45(41)40-16-6-7-20-42(40)50-43)35-27-23-32(24-28-35)38-17-8-14-31-11-4-5-15-37(31)38/h1-30H. The number of hydrogen-bond acceptors (Lipinski definition) is 4. The largest absolute Gasteiger partial charge is 0.456 e. The van der Waals surface area contributed by atoms with Crippen LogP contribution in [0.4, 0.5) is 17.1 Å². The highest BCUT2D eigenvalue weighted by molar-refractivity contribution is 6.13. The number of rotatable bonds is 6. The van der Waals surface area contributed by atoms with Crippen molar-refractivity contribution < 1.29 is 8.83 Å². The van der Waals surface area contributed by atoms with Gasteiger partial charge >= 0.3 is 0 Å². The second-order valence-corrected chi connectivity index (χ2v) is 12.7. The Labute approximate surface area is 294 Å². The van der Waals surface area contributed by atoms with Crippen molar-refractivity contribution >= 4 is 60.9 Å². The summed E-state index contributed by atoms with van der Waals surface area (Å²) in [7, 11) is 0. The molecular formula is C47H30N2O2. The zero-order valence-electron chi connectivity index (χ0n) is 27.5. The first-order valence-electron chi connectivity index (χ1n) is 17.1. The molecule has 10 aromatic rings. The van der Waals surface area contributed by atoms with Crippen molar-refractivity contribution in [3.8, 4) is 33.7 Å². The van der Waals surface area contributed by atoms with Crippen LogP contribution < -0.4 is 4.90 Å². The zero-order valence-corrected chi connectivity index (χ0v) is 27.5. The lowest BCUT2D eigenvalue weighted by atomic mass is 9.98. The fourth-order valence-corrected chi connectivity index (χ4v) is 7.31. The zero-order chi connectivity index (χ0) is 33.7. The van der Waals surface area contributed by atoms with E-state index in [9.17, 15) is 0 Å². The van der Waals surface area contributed by atoms with Crippen LogP contribution in [0.3, 0.4) is 0 Å². The topological polar surface area (TPSA) is 42.4 Å². The SMILES string of the molecule is c1ccc(-c2nc3c(-c4ccc(N(c5ccc(-c6cccc7ccccc67)cc5)c5cccc6oc7ccccc7c56)cc4)cccc3o2)cc1. The van der Waals surface area contributed by atoms with Gasteiger partial charge in [-0.05, 0) is 88.1 Å². The Morgan fingerprint density at radius 3 is 1.78 bits per heavy atom. The second-order valence-electron chi connectivity index (χ2n) is 12.7. The van der Waals surface area contributed by atoms with Crippen molar-refractivity contribution in [1.82, 2.24) is 4.98 Å². The van der Waals surface area contributed by atoms with E-state index in [0.29, 0.717) is 5.89 Å². The first kappa shape index (κ1) is 29.0. The molecule has 0 aliphatic rings. The van der Waals surface area contributed by atoms with Gasteiger partial charge in [0.2, 0.25) is 5.89 Å². The molecule has 240 valence electrons. The molecule has 4 heteroatoms. The van der Waals surface area contributed by atoms with E-state index in [1.165, 1.54) is 21.9 Å². The average Bonchev–Trinajstić information content (AvgIpc) is 3.81. The minimum absolute atomic E-state index is 0.619. The molecule has 10 rings (SSSR count). The van der Waals surface area contributed by atoms with Gasteiger partial charge < -0.3 is 13.7 Å². The van der Waals surface area contributed by atoms with E-state index < -0.39 is 0 Å². The molecule has 0 aliphatic carbocycles. The third kappa shape index (κ3) is 4.96. The van der Waals surface area contributed by atoms with Gasteiger partial charge in [0, 0.05) is 27.9 Å². The van der Waals surface area contributed by atoms with Crippen molar-refractivity contribution in [3.63, 3.8) is 0 Å². The second kappa shape index (κ2) is 11.9. The number of hydrogen-bond donors (Lipinski definition) is 0. The maximum atomic E-state index is 6.34. The Morgan fingerprint density at radius 2 is 0.980 bits per heavy atom. The number of fused-ring (bicyclic) bond motifs is 5. The van der Waals surface area contributed by atoms with E-state index in [-0.39, 0.29) is 0 Å². The van der Waals surface area contributed by atoms with Crippen LogP contribution in [-0.4, -0.2) is 4.98 Å². The maximum absolute atomic E-state index is 6.34. The Hall–Kier alpha value is -6.91. The van der Waals surface area contributed by atoms with E-state index in [1.807, 2.05) is 60.7 Å². The smallest absolute Gasteiger partial charge is 0.227 e. The maximum Gasteiger partial charge on any atom is 0.227 e. The Bertz CT molecular complexity index is 2840. The number of anilines is 3. The fourth-order valence-electron chi connectivity index (χ4n) is 7.31. The average molecular weight is 655 g/mol. The first-order chi connectivity index (χ1) is 25.3. The predicted octanol–water partition coefficient (Wildman–Crippen LogP) is 13.4. The van der Waals surface area contributed by atoms with Crippen molar-refractivity contribution in [2.45, 2.75) is 0 Å². The van der Waals surface area contributed by atoms with Crippen LogP contribution in [0.15, 0.2) is 191 Å². The quantitative estimate of drug-likeness (QED) is 0.179. The highest BCUT2D eigenvalue weighted by Crippen LogP contribution is 2.44. The lowest BCUT2D eigenvalue weighted by Crippen LogP contribution is -2.10. The van der Waals surface area contributed by atoms with Gasteiger partial charge in [0.25, 0.3) is 0 Å². The molecule has 2 aromatic heterocycles. The monoisotopic (exact) mass is 654 g/mol. The van der Waals surface area contributed by atoms with Gasteiger partial charge in [-0.2, -0.15) is 0 Å². The van der Waals surface area contributed by atoms with Gasteiger partial charge in [-0.15, -0.1) is 0 Å². The normalized spacial score (nSPS) is 11.5. The van der Waals surface area contributed by atoms with Gasteiger partial charge in [0.15, 0.2) is 5.58 Å². The molecule has 0 saturated heterocycles. The van der Waals surface area contributed by atoms with Crippen LogP contribution >= 0.6 is 0 Å². The van der Waals surface area contributed by atoms with E-state index in [2.05, 4.69) is 126 Å². The van der Waals surface area contributed by atoms with Crippen LogP contribution in [0, 0.1) is 0 Å². The van der Waals surface area contributed by atoms with Gasteiger partial charge in [0.05, 0.1) is 11.1 Å². The molecule has 8 aromatic carbocycles. The Morgan fingerprint density at radius 1 is 0.392 bits per heavy atom. The van der Waals surface area contributed by atoms with E-state index in [0.717, 1.165) is 66.8 Å². The molecule has 0 N–H and O–H groups in total. The summed E-state index contributed by atoms with van der Waals surface area (Å²) in [6.07, 6.45) is 0. The molecule has 4 nitrogen and oxygen atoms in total. The molecule has 0 bridgehead atoms. The summed E-state index contributed by atoms with van der Waals surface area (Å²) in [4.78, 5) is 7.26. The van der Waals surface area contributed by atoms with Crippen molar-refractivity contribution in [2.75, 3.05) is 4.90 Å². The minimum Gasteiger partial charge on any atom is -0.456 e. The molecule has 0 radical (unpaired) electrons. The molecule has 51 heavy (non-hydrogen) atoms. The molecule has 0 saturated carbocycles. The van der Waals surface area contributed by atoms with Crippen molar-refractivity contribution in [1.29, 1.82) is 0 Å². The van der Waals surface area contributed by atoms with Crippen LogP contribution in [0.25, 0.3) is 77.5 Å². The molecule has 0 fully saturated rings. The lowest BCUT2D eigenvalue weighted by Gasteiger charge is -2.26. The Kier molecular flexibility index (Phi) is 6.78. The van der Waals surface area contributed by atoms with Crippen LogP contribution in [0.5, 0.6) is 0 Å². The predicted molar refractivity (Wildman–Crippen MR) is 210 cm³/mol. The summed E-state index contributed by atoms with van der Waals surface area (Å²) >= 11 is 0. The number of benzene rings is 8. The Balaban J connectivity index is 1.10. The lowest BCUT2D eigenvalue weighted by molar-refractivity contribution is 0.620. The molecule has 0 aliphatic heterocycles. The summed E-state index contributed by atoms with van der Waals surface area (Å²) in [6, 6.07) is 63.4. The van der Waals surface area contributed by atoms with Crippen LogP contribution in [-0.2, 0) is 0 Å². The summed E-state index contributed by atoms with van der Waals surface area (Å²) in [5.41, 5.74) is 11.9. The van der Waals surface area contributed by atoms with Gasteiger partial charge in [-0.1, -0.05) is 121 Å². The summed E-state index contributed by atoms with van der Waals surface area (Å²) in [6.45, 7) is 0. The van der Waals surface area contributed by atoms with E-state index >= 15 is 0 Å². The molecule has 2 heterocycles. The number of oxazole rings is 1. The highest BCUT2D eigenvalue weighted by atomic mass is 16.3. The number of aromatic nitrogens is 1. The molecule has 0 atom stereocenters. The number of para-hydroxylation sites is 2. The minimum atomic E-state index is 0.619. The van der Waals surface area contributed by atoms with Crippen LogP contribution in [0.2, 0.25) is 0 Å². The molecular weight excluding hydrogens is 625 g/mol. The summed E-state index contributed by atoms with van der Waals surface area (Å²) in [5, 5.41) is 4.64. The third-order valence-corrected chi connectivity index (χ3v) is 9.72. The molecule has 0 unspecified atom stereocenters. The highest BCUT2D eigenvalue weighted by Gasteiger charge is 2.20. The van der Waals surface area contributed by atoms with Gasteiger partial charge in [-0.3, -0.25) is 0 Å². The van der Waals surface area contributed by atoms with Gasteiger partial charge in [0.1, 0.15) is 16.7 Å². The fraction of sp³-hybridized carbons (Fsp3) is 0. The van der Waals surface area contributed by atoms with Gasteiger partial charge in [-0.25, -0.2) is 4.98 Å². The van der Waals surface area contributed by atoms with E-state index in [1.54, 1.807) is 0 Å². The summed E-state index contributed by atoms with van der Waals surface area (Å²) < 4.78 is 12.5.